The van der Waals surface area contributed by atoms with E-state index in [1.165, 1.54) is 44.9 Å². The summed E-state index contributed by atoms with van der Waals surface area (Å²) in [6, 6.07) is 10.3. The standard InChI is InChI=1S/C35H50N4O4.C2HF3O2/c1-3-4-15-29-25-39(24-27-11-7-5-8-12-27)34(41)42-35(29)18-22-37(23-19-35)30-16-20-38(21-17-30)33(40)31-26(2)43-36-32(31)28-13-9-6-10-14-28;3-2(4,5)1(6)7/h6,9-10,13-14,27,29-30H,3-5,7-8,11-12,15-25H2,1-2H3;(H,6,7). The fourth-order valence-electron chi connectivity index (χ4n) is 8.25. The number of carboxylic acids is 1. The second-order valence-electron chi connectivity index (χ2n) is 14.4. The van der Waals surface area contributed by atoms with Gasteiger partial charge in [-0.05, 0) is 44.9 Å². The van der Waals surface area contributed by atoms with Gasteiger partial charge in [-0.25, -0.2) is 9.59 Å². The van der Waals surface area contributed by atoms with Gasteiger partial charge < -0.3 is 24.2 Å². The number of carbonyl (C=O) groups is 3. The van der Waals surface area contributed by atoms with E-state index in [1.54, 1.807) is 0 Å². The molecule has 0 bridgehead atoms. The molecule has 2 amide bonds. The highest BCUT2D eigenvalue weighted by molar-refractivity contribution is 6.00. The molecule has 4 aliphatic rings. The highest BCUT2D eigenvalue weighted by Crippen LogP contribution is 2.42. The van der Waals surface area contributed by atoms with Crippen LogP contribution < -0.4 is 0 Å². The molecule has 1 spiro atoms. The molecular formula is C37H51F3N4O6. The lowest BCUT2D eigenvalue weighted by Gasteiger charge is -2.52. The summed E-state index contributed by atoms with van der Waals surface area (Å²) in [7, 11) is 0. The number of hydrogen-bond donors (Lipinski definition) is 1. The molecule has 0 radical (unpaired) electrons. The molecule has 6 rings (SSSR count). The Morgan fingerprint density at radius 1 is 1.00 bits per heavy atom. The van der Waals surface area contributed by atoms with E-state index in [2.05, 4.69) is 21.9 Å². The molecule has 1 aromatic carbocycles. The number of unbranched alkanes of at least 4 members (excludes halogenated alkanes) is 1. The Bertz CT molecular complexity index is 1430. The first-order valence-corrected chi connectivity index (χ1v) is 18.2. The molecule has 3 saturated heterocycles. The van der Waals surface area contributed by atoms with Gasteiger partial charge in [0.15, 0.2) is 0 Å². The number of ether oxygens (including phenoxy) is 1. The minimum Gasteiger partial charge on any atom is -0.475 e. The summed E-state index contributed by atoms with van der Waals surface area (Å²) in [5.41, 5.74) is 1.79. The molecule has 4 fully saturated rings. The van der Waals surface area contributed by atoms with Crippen molar-refractivity contribution in [2.45, 2.75) is 109 Å². The van der Waals surface area contributed by atoms with E-state index in [1.807, 2.05) is 42.2 Å². The molecule has 1 N–H and O–H groups in total. The summed E-state index contributed by atoms with van der Waals surface area (Å²) in [4.78, 5) is 42.5. The zero-order valence-corrected chi connectivity index (χ0v) is 29.3. The van der Waals surface area contributed by atoms with Gasteiger partial charge in [-0.2, -0.15) is 13.2 Å². The van der Waals surface area contributed by atoms with Crippen molar-refractivity contribution in [1.82, 2.24) is 19.9 Å². The SMILES string of the molecule is CCCCC1CN(CC2CCCCC2)C(=O)OC12CCN(C1CCN(C(=O)c3c(-c4ccccc4)noc3C)CC1)CC2.O=C(O)C(F)(F)F. The van der Waals surface area contributed by atoms with Gasteiger partial charge in [-0.1, -0.05) is 74.5 Å². The van der Waals surface area contributed by atoms with Crippen LogP contribution in [0.1, 0.15) is 100 Å². The summed E-state index contributed by atoms with van der Waals surface area (Å²) in [5, 5.41) is 11.4. The van der Waals surface area contributed by atoms with Gasteiger partial charge in [-0.15, -0.1) is 0 Å². The third-order valence-corrected chi connectivity index (χ3v) is 11.1. The topological polar surface area (TPSA) is 116 Å². The molecule has 13 heteroatoms. The average molecular weight is 705 g/mol. The van der Waals surface area contributed by atoms with Crippen molar-refractivity contribution in [1.29, 1.82) is 0 Å². The lowest BCUT2D eigenvalue weighted by atomic mass is 9.75. The van der Waals surface area contributed by atoms with Crippen LogP contribution >= 0.6 is 0 Å². The van der Waals surface area contributed by atoms with E-state index in [-0.39, 0.29) is 17.6 Å². The number of likely N-dealkylation sites (tertiary alicyclic amines) is 2. The van der Waals surface area contributed by atoms with E-state index in [0.29, 0.717) is 34.9 Å². The first kappa shape index (κ1) is 37.6. The normalized spacial score (nSPS) is 22.2. The van der Waals surface area contributed by atoms with Crippen LogP contribution in [0.15, 0.2) is 34.9 Å². The number of carboxylic acid groups (broad SMARTS) is 1. The number of aromatic nitrogens is 1. The van der Waals surface area contributed by atoms with E-state index < -0.39 is 12.1 Å². The molecule has 50 heavy (non-hydrogen) atoms. The predicted molar refractivity (Wildman–Crippen MR) is 180 cm³/mol. The van der Waals surface area contributed by atoms with Crippen LogP contribution in [0.25, 0.3) is 11.3 Å². The molecule has 1 saturated carbocycles. The highest BCUT2D eigenvalue weighted by atomic mass is 19.4. The predicted octanol–water partition coefficient (Wildman–Crippen LogP) is 7.56. The second-order valence-corrected chi connectivity index (χ2v) is 14.4. The van der Waals surface area contributed by atoms with E-state index in [9.17, 15) is 22.8 Å². The number of nitrogens with zero attached hydrogens (tertiary/aromatic N) is 4. The molecule has 276 valence electrons. The maximum atomic E-state index is 13.6. The average Bonchev–Trinajstić information content (AvgIpc) is 3.51. The Morgan fingerprint density at radius 2 is 1.64 bits per heavy atom. The van der Waals surface area contributed by atoms with Crippen LogP contribution in [0.3, 0.4) is 0 Å². The van der Waals surface area contributed by atoms with E-state index in [0.717, 1.165) is 76.9 Å². The molecule has 1 aromatic heterocycles. The fraction of sp³-hybridized carbons (Fsp3) is 0.676. The molecule has 2 aromatic rings. The van der Waals surface area contributed by atoms with Crippen molar-refractivity contribution in [2.75, 3.05) is 39.3 Å². The zero-order chi connectivity index (χ0) is 35.9. The van der Waals surface area contributed by atoms with Crippen molar-refractivity contribution in [3.8, 4) is 11.3 Å². The quantitative estimate of drug-likeness (QED) is 0.299. The Morgan fingerprint density at radius 3 is 2.24 bits per heavy atom. The first-order chi connectivity index (χ1) is 23.9. The molecule has 10 nitrogen and oxygen atoms in total. The summed E-state index contributed by atoms with van der Waals surface area (Å²) in [5.74, 6) is -1.11. The van der Waals surface area contributed by atoms with Crippen LogP contribution in [0.5, 0.6) is 0 Å². The van der Waals surface area contributed by atoms with E-state index >= 15 is 0 Å². The monoisotopic (exact) mass is 704 g/mol. The largest absolute Gasteiger partial charge is 0.490 e. The Kier molecular flexibility index (Phi) is 12.5. The molecule has 3 aliphatic heterocycles. The molecule has 1 unspecified atom stereocenters. The highest BCUT2D eigenvalue weighted by Gasteiger charge is 2.50. The Hall–Kier alpha value is -3.61. The number of amides is 2. The number of alkyl halides is 3. The lowest BCUT2D eigenvalue weighted by Crippen LogP contribution is -2.61. The number of rotatable bonds is 8. The lowest BCUT2D eigenvalue weighted by molar-refractivity contribution is -0.192. The third kappa shape index (κ3) is 8.99. The van der Waals surface area contributed by atoms with Crippen LogP contribution in [-0.2, 0) is 9.53 Å². The van der Waals surface area contributed by atoms with Crippen molar-refractivity contribution >= 4 is 18.0 Å². The maximum absolute atomic E-state index is 13.6. The number of piperidine rings is 2. The fourth-order valence-corrected chi connectivity index (χ4v) is 8.25. The van der Waals surface area contributed by atoms with Crippen molar-refractivity contribution in [3.63, 3.8) is 0 Å². The maximum Gasteiger partial charge on any atom is 0.490 e. The number of hydrogen-bond acceptors (Lipinski definition) is 7. The van der Waals surface area contributed by atoms with Crippen molar-refractivity contribution in [3.05, 3.63) is 41.7 Å². The van der Waals surface area contributed by atoms with Gasteiger partial charge in [-0.3, -0.25) is 9.69 Å². The van der Waals surface area contributed by atoms with Gasteiger partial charge in [0.05, 0.1) is 0 Å². The van der Waals surface area contributed by atoms with Gasteiger partial charge >= 0.3 is 18.2 Å². The minimum atomic E-state index is -5.08. The number of carbonyl (C=O) groups excluding carboxylic acids is 2. The third-order valence-electron chi connectivity index (χ3n) is 11.1. The smallest absolute Gasteiger partial charge is 0.475 e. The number of benzene rings is 1. The zero-order valence-electron chi connectivity index (χ0n) is 29.3. The van der Waals surface area contributed by atoms with Crippen LogP contribution in [-0.4, -0.2) is 100 Å². The number of aryl methyl sites for hydroxylation is 1. The number of halogens is 3. The van der Waals surface area contributed by atoms with Crippen LogP contribution in [0, 0.1) is 18.8 Å². The summed E-state index contributed by atoms with van der Waals surface area (Å²) < 4.78 is 43.7. The molecule has 1 atom stereocenters. The van der Waals surface area contributed by atoms with E-state index in [4.69, 9.17) is 19.2 Å². The molecule has 4 heterocycles. The van der Waals surface area contributed by atoms with Crippen LogP contribution in [0.4, 0.5) is 18.0 Å². The van der Waals surface area contributed by atoms with Gasteiger partial charge in [0.1, 0.15) is 22.6 Å². The summed E-state index contributed by atoms with van der Waals surface area (Å²) >= 11 is 0. The van der Waals surface area contributed by atoms with Gasteiger partial charge in [0, 0.05) is 69.6 Å². The van der Waals surface area contributed by atoms with Crippen molar-refractivity contribution < 1.29 is 41.9 Å². The summed E-state index contributed by atoms with van der Waals surface area (Å²) in [6.07, 6.45) is 8.54. The van der Waals surface area contributed by atoms with Gasteiger partial charge in [0.2, 0.25) is 0 Å². The molecule has 1 aliphatic carbocycles. The Labute approximate surface area is 292 Å². The first-order valence-electron chi connectivity index (χ1n) is 18.2. The Balaban J connectivity index is 0.000000630. The van der Waals surface area contributed by atoms with Crippen LogP contribution in [0.2, 0.25) is 0 Å². The minimum absolute atomic E-state index is 0.0133. The molecular weight excluding hydrogens is 653 g/mol. The number of aliphatic carboxylic acids is 1. The van der Waals surface area contributed by atoms with Crippen molar-refractivity contribution in [2.24, 2.45) is 11.8 Å². The second kappa shape index (κ2) is 16.6. The summed E-state index contributed by atoms with van der Waals surface area (Å²) in [6.45, 7) is 9.20. The van der Waals surface area contributed by atoms with Gasteiger partial charge in [0.25, 0.3) is 5.91 Å².